The Bertz CT molecular complexity index is 531. The number of carbonyl (C=O) groups is 1. The summed E-state index contributed by atoms with van der Waals surface area (Å²) in [6.45, 7) is 3.99. The fourth-order valence-corrected chi connectivity index (χ4v) is 1.91. The average Bonchev–Trinajstić information content (AvgIpc) is 2.90. The third-order valence-electron chi connectivity index (χ3n) is 2.92. The molecule has 0 aliphatic heterocycles. The number of carbonyl (C=O) groups excluding carboxylic acids is 1. The number of amides is 1. The summed E-state index contributed by atoms with van der Waals surface area (Å²) in [5, 5.41) is 2.89. The number of rotatable bonds is 6. The molecule has 2 rings (SSSR count). The Labute approximate surface area is 118 Å². The summed E-state index contributed by atoms with van der Waals surface area (Å²) in [5.41, 5.74) is 2.23. The molecule has 0 spiro atoms. The summed E-state index contributed by atoms with van der Waals surface area (Å²) in [4.78, 5) is 11.8. The van der Waals surface area contributed by atoms with Crippen LogP contribution in [0.4, 0.5) is 0 Å². The minimum atomic E-state index is -0.124. The SMILES string of the molecule is Cc1ccc(OCC(=O)NC(C)Cc2ccoc2)cc1. The lowest BCUT2D eigenvalue weighted by atomic mass is 10.1. The average molecular weight is 273 g/mol. The van der Waals surface area contributed by atoms with Crippen molar-refractivity contribution in [1.29, 1.82) is 0 Å². The van der Waals surface area contributed by atoms with E-state index >= 15 is 0 Å². The van der Waals surface area contributed by atoms with Crippen LogP contribution in [0, 0.1) is 6.92 Å². The molecule has 1 amide bonds. The highest BCUT2D eigenvalue weighted by atomic mass is 16.5. The second-order valence-electron chi connectivity index (χ2n) is 4.91. The molecule has 0 radical (unpaired) electrons. The highest BCUT2D eigenvalue weighted by Gasteiger charge is 2.09. The Hall–Kier alpha value is -2.23. The van der Waals surface area contributed by atoms with Crippen molar-refractivity contribution in [3.05, 3.63) is 54.0 Å². The first-order chi connectivity index (χ1) is 9.63. The Balaban J connectivity index is 1.73. The smallest absolute Gasteiger partial charge is 0.258 e. The molecule has 0 saturated carbocycles. The van der Waals surface area contributed by atoms with Gasteiger partial charge in [-0.05, 0) is 44.0 Å². The molecule has 106 valence electrons. The molecule has 1 aromatic carbocycles. The normalized spacial score (nSPS) is 11.9. The molecule has 1 heterocycles. The Morgan fingerprint density at radius 3 is 2.70 bits per heavy atom. The highest BCUT2D eigenvalue weighted by Crippen LogP contribution is 2.11. The van der Waals surface area contributed by atoms with Crippen LogP contribution in [0.5, 0.6) is 5.75 Å². The molecule has 0 saturated heterocycles. The van der Waals surface area contributed by atoms with Crippen molar-refractivity contribution in [2.24, 2.45) is 0 Å². The van der Waals surface area contributed by atoms with Crippen LogP contribution < -0.4 is 10.1 Å². The van der Waals surface area contributed by atoms with E-state index in [-0.39, 0.29) is 18.6 Å². The first kappa shape index (κ1) is 14.2. The summed E-state index contributed by atoms with van der Waals surface area (Å²) in [6.07, 6.45) is 4.06. The van der Waals surface area contributed by atoms with E-state index in [1.165, 1.54) is 0 Å². The molecule has 2 aromatic rings. The van der Waals surface area contributed by atoms with Crippen LogP contribution in [-0.4, -0.2) is 18.6 Å². The summed E-state index contributed by atoms with van der Waals surface area (Å²) < 4.78 is 10.4. The number of benzene rings is 1. The zero-order chi connectivity index (χ0) is 14.4. The highest BCUT2D eigenvalue weighted by molar-refractivity contribution is 5.77. The quantitative estimate of drug-likeness (QED) is 0.880. The summed E-state index contributed by atoms with van der Waals surface area (Å²) >= 11 is 0. The monoisotopic (exact) mass is 273 g/mol. The molecule has 0 aliphatic carbocycles. The van der Waals surface area contributed by atoms with Gasteiger partial charge >= 0.3 is 0 Å². The van der Waals surface area contributed by atoms with Gasteiger partial charge < -0.3 is 14.5 Å². The lowest BCUT2D eigenvalue weighted by molar-refractivity contribution is -0.123. The zero-order valence-electron chi connectivity index (χ0n) is 11.8. The van der Waals surface area contributed by atoms with Crippen LogP contribution in [0.2, 0.25) is 0 Å². The first-order valence-electron chi connectivity index (χ1n) is 6.63. The van der Waals surface area contributed by atoms with Gasteiger partial charge in [0.1, 0.15) is 5.75 Å². The van der Waals surface area contributed by atoms with E-state index in [0.29, 0.717) is 5.75 Å². The molecule has 0 fully saturated rings. The third-order valence-corrected chi connectivity index (χ3v) is 2.92. The van der Waals surface area contributed by atoms with Crippen molar-refractivity contribution < 1.29 is 13.9 Å². The molecule has 1 aromatic heterocycles. The van der Waals surface area contributed by atoms with Crippen molar-refractivity contribution in [3.63, 3.8) is 0 Å². The Morgan fingerprint density at radius 2 is 2.05 bits per heavy atom. The molecule has 4 heteroatoms. The maximum absolute atomic E-state index is 11.8. The van der Waals surface area contributed by atoms with Gasteiger partial charge in [0, 0.05) is 6.04 Å². The predicted octanol–water partition coefficient (Wildman–Crippen LogP) is 2.71. The summed E-state index contributed by atoms with van der Waals surface area (Å²) in [6, 6.07) is 9.56. The Kier molecular flexibility index (Phi) is 4.82. The lowest BCUT2D eigenvalue weighted by Gasteiger charge is -2.13. The van der Waals surface area contributed by atoms with Gasteiger partial charge in [-0.25, -0.2) is 0 Å². The molecule has 0 aliphatic rings. The van der Waals surface area contributed by atoms with Gasteiger partial charge in [0.15, 0.2) is 6.61 Å². The van der Waals surface area contributed by atoms with Crippen LogP contribution in [0.25, 0.3) is 0 Å². The minimum Gasteiger partial charge on any atom is -0.484 e. The molecule has 1 N–H and O–H groups in total. The van der Waals surface area contributed by atoms with Crippen molar-refractivity contribution in [2.75, 3.05) is 6.61 Å². The van der Waals surface area contributed by atoms with Gasteiger partial charge in [0.25, 0.3) is 5.91 Å². The number of furan rings is 1. The Morgan fingerprint density at radius 1 is 1.30 bits per heavy atom. The number of hydrogen-bond donors (Lipinski definition) is 1. The van der Waals surface area contributed by atoms with E-state index < -0.39 is 0 Å². The second-order valence-corrected chi connectivity index (χ2v) is 4.91. The predicted molar refractivity (Wildman–Crippen MR) is 76.7 cm³/mol. The fourth-order valence-electron chi connectivity index (χ4n) is 1.91. The minimum absolute atomic E-state index is 0.0266. The molecular weight excluding hydrogens is 254 g/mol. The van der Waals surface area contributed by atoms with Crippen LogP contribution >= 0.6 is 0 Å². The second kappa shape index (κ2) is 6.80. The molecule has 1 unspecified atom stereocenters. The van der Waals surface area contributed by atoms with Gasteiger partial charge in [0.2, 0.25) is 0 Å². The van der Waals surface area contributed by atoms with Gasteiger partial charge in [-0.1, -0.05) is 17.7 Å². The first-order valence-corrected chi connectivity index (χ1v) is 6.63. The zero-order valence-corrected chi connectivity index (χ0v) is 11.8. The van der Waals surface area contributed by atoms with Gasteiger partial charge in [0.05, 0.1) is 12.5 Å². The number of ether oxygens (including phenoxy) is 1. The number of nitrogens with one attached hydrogen (secondary N) is 1. The standard InChI is InChI=1S/C16H19NO3/c1-12-3-5-15(6-4-12)20-11-16(18)17-13(2)9-14-7-8-19-10-14/h3-8,10,13H,9,11H2,1-2H3,(H,17,18). The van der Waals surface area contributed by atoms with E-state index in [2.05, 4.69) is 5.32 Å². The van der Waals surface area contributed by atoms with Crippen LogP contribution in [-0.2, 0) is 11.2 Å². The van der Waals surface area contributed by atoms with Crippen LogP contribution in [0.3, 0.4) is 0 Å². The van der Waals surface area contributed by atoms with Gasteiger partial charge in [-0.15, -0.1) is 0 Å². The van der Waals surface area contributed by atoms with E-state index in [0.717, 1.165) is 17.5 Å². The van der Waals surface area contributed by atoms with E-state index in [9.17, 15) is 4.79 Å². The van der Waals surface area contributed by atoms with E-state index in [1.807, 2.05) is 44.2 Å². The fraction of sp³-hybridized carbons (Fsp3) is 0.312. The maximum atomic E-state index is 11.8. The lowest BCUT2D eigenvalue weighted by Crippen LogP contribution is -2.37. The molecular formula is C16H19NO3. The van der Waals surface area contributed by atoms with Crippen molar-refractivity contribution in [3.8, 4) is 5.75 Å². The molecule has 1 atom stereocenters. The van der Waals surface area contributed by atoms with E-state index in [1.54, 1.807) is 12.5 Å². The van der Waals surface area contributed by atoms with Crippen molar-refractivity contribution in [2.45, 2.75) is 26.3 Å². The summed E-state index contributed by atoms with van der Waals surface area (Å²) in [7, 11) is 0. The van der Waals surface area contributed by atoms with Crippen molar-refractivity contribution >= 4 is 5.91 Å². The molecule has 4 nitrogen and oxygen atoms in total. The topological polar surface area (TPSA) is 51.5 Å². The summed E-state index contributed by atoms with van der Waals surface area (Å²) in [5.74, 6) is 0.579. The van der Waals surface area contributed by atoms with E-state index in [4.69, 9.17) is 9.15 Å². The number of aryl methyl sites for hydroxylation is 1. The van der Waals surface area contributed by atoms with Crippen LogP contribution in [0.1, 0.15) is 18.1 Å². The maximum Gasteiger partial charge on any atom is 0.258 e. The van der Waals surface area contributed by atoms with Gasteiger partial charge in [-0.3, -0.25) is 4.79 Å². The van der Waals surface area contributed by atoms with Gasteiger partial charge in [-0.2, -0.15) is 0 Å². The third kappa shape index (κ3) is 4.46. The molecule has 20 heavy (non-hydrogen) atoms. The van der Waals surface area contributed by atoms with Crippen LogP contribution in [0.15, 0.2) is 47.3 Å². The molecule has 0 bridgehead atoms. The number of hydrogen-bond acceptors (Lipinski definition) is 3. The largest absolute Gasteiger partial charge is 0.484 e. The van der Waals surface area contributed by atoms with Crippen molar-refractivity contribution in [1.82, 2.24) is 5.32 Å².